The van der Waals surface area contributed by atoms with Gasteiger partial charge in [0.2, 0.25) is 0 Å². The lowest BCUT2D eigenvalue weighted by molar-refractivity contribution is -0.384. The summed E-state index contributed by atoms with van der Waals surface area (Å²) >= 11 is 0. The highest BCUT2D eigenvalue weighted by molar-refractivity contribution is 7.90. The topological polar surface area (TPSA) is 144 Å². The quantitative estimate of drug-likeness (QED) is 0.403. The second-order valence-electron chi connectivity index (χ2n) is 5.34. The van der Waals surface area contributed by atoms with E-state index in [9.17, 15) is 28.6 Å². The first-order valence-corrected chi connectivity index (χ1v) is 9.29. The van der Waals surface area contributed by atoms with E-state index in [4.69, 9.17) is 0 Å². The maximum absolute atomic E-state index is 11.5. The fourth-order valence-electron chi connectivity index (χ4n) is 2.22. The van der Waals surface area contributed by atoms with Crippen LogP contribution in [0.2, 0.25) is 0 Å². The van der Waals surface area contributed by atoms with Crippen molar-refractivity contribution in [3.63, 3.8) is 0 Å². The summed E-state index contributed by atoms with van der Waals surface area (Å²) in [5, 5.41) is 27.8. The Bertz CT molecular complexity index is 945. The van der Waals surface area contributed by atoms with Gasteiger partial charge in [-0.25, -0.2) is 8.42 Å². The van der Waals surface area contributed by atoms with E-state index in [0.29, 0.717) is 5.69 Å². The van der Waals surface area contributed by atoms with Gasteiger partial charge in [0.25, 0.3) is 11.4 Å². The van der Waals surface area contributed by atoms with Crippen LogP contribution >= 0.6 is 0 Å². The number of nitro benzene ring substituents is 2. The largest absolute Gasteiger partial charge is 0.378 e. The zero-order valence-electron chi connectivity index (χ0n) is 13.7. The molecule has 2 aromatic rings. The summed E-state index contributed by atoms with van der Waals surface area (Å²) in [4.78, 5) is 20.8. The fraction of sp³-hybridized carbons (Fsp3) is 0.200. The molecule has 0 saturated heterocycles. The third kappa shape index (κ3) is 4.66. The van der Waals surface area contributed by atoms with E-state index in [2.05, 4.69) is 10.6 Å². The summed E-state index contributed by atoms with van der Waals surface area (Å²) in [6, 6.07) is 9.71. The van der Waals surface area contributed by atoms with Crippen molar-refractivity contribution in [1.29, 1.82) is 0 Å². The number of nitro groups is 2. The Balaban J connectivity index is 2.06. The minimum absolute atomic E-state index is 0.0732. The molecule has 11 heteroatoms. The van der Waals surface area contributed by atoms with Gasteiger partial charge in [-0.05, 0) is 18.2 Å². The highest BCUT2D eigenvalue weighted by Gasteiger charge is 2.18. The molecule has 0 spiro atoms. The molecule has 0 aliphatic carbocycles. The molecule has 0 aliphatic heterocycles. The van der Waals surface area contributed by atoms with Gasteiger partial charge in [-0.3, -0.25) is 20.2 Å². The van der Waals surface area contributed by atoms with Gasteiger partial charge in [-0.1, -0.05) is 12.1 Å². The minimum atomic E-state index is -3.56. The van der Waals surface area contributed by atoms with E-state index in [-0.39, 0.29) is 35.0 Å². The molecule has 0 heterocycles. The minimum Gasteiger partial charge on any atom is -0.378 e. The molecule has 2 aromatic carbocycles. The molecule has 0 fully saturated rings. The van der Waals surface area contributed by atoms with E-state index in [0.717, 1.165) is 12.3 Å². The predicted octanol–water partition coefficient (Wildman–Crippen LogP) is 2.43. The molecule has 0 saturated carbocycles. The maximum atomic E-state index is 11.5. The molecule has 26 heavy (non-hydrogen) atoms. The first-order valence-electron chi connectivity index (χ1n) is 7.40. The lowest BCUT2D eigenvalue weighted by Gasteiger charge is -2.10. The summed E-state index contributed by atoms with van der Waals surface area (Å²) in [6.07, 6.45) is 0.968. The summed E-state index contributed by atoms with van der Waals surface area (Å²) in [5.74, 6) is 0. The Labute approximate surface area is 149 Å². The van der Waals surface area contributed by atoms with Gasteiger partial charge in [0.1, 0.15) is 11.4 Å². The number of benzene rings is 2. The van der Waals surface area contributed by atoms with Gasteiger partial charge in [0, 0.05) is 31.5 Å². The number of nitrogens with zero attached hydrogens (tertiary/aromatic N) is 2. The SMILES string of the molecule is CS(=O)(=O)c1ccc(NCCNc2ccccc2[N+](=O)[O-])c([N+](=O)[O-])c1. The molecule has 0 atom stereocenters. The normalized spacial score (nSPS) is 11.0. The number of hydrogen-bond donors (Lipinski definition) is 2. The molecule has 0 bridgehead atoms. The summed E-state index contributed by atoms with van der Waals surface area (Å²) < 4.78 is 23.0. The molecule has 2 N–H and O–H groups in total. The van der Waals surface area contributed by atoms with Crippen LogP contribution in [0.4, 0.5) is 22.7 Å². The van der Waals surface area contributed by atoms with Crippen LogP contribution < -0.4 is 10.6 Å². The van der Waals surface area contributed by atoms with Crippen LogP contribution in [0, 0.1) is 20.2 Å². The lowest BCUT2D eigenvalue weighted by Crippen LogP contribution is -2.15. The van der Waals surface area contributed by atoms with Crippen molar-refractivity contribution in [2.75, 3.05) is 30.0 Å². The summed E-state index contributed by atoms with van der Waals surface area (Å²) in [7, 11) is -3.56. The fourth-order valence-corrected chi connectivity index (χ4v) is 2.86. The number of anilines is 2. The van der Waals surface area contributed by atoms with Gasteiger partial charge in [-0.2, -0.15) is 0 Å². The highest BCUT2D eigenvalue weighted by Crippen LogP contribution is 2.27. The smallest absolute Gasteiger partial charge is 0.293 e. The molecular weight excluding hydrogens is 364 g/mol. The zero-order valence-corrected chi connectivity index (χ0v) is 14.5. The number of para-hydroxylation sites is 2. The average molecular weight is 380 g/mol. The van der Waals surface area contributed by atoms with Crippen molar-refractivity contribution < 1.29 is 18.3 Å². The first kappa shape index (κ1) is 19.1. The van der Waals surface area contributed by atoms with E-state index < -0.39 is 19.7 Å². The van der Waals surface area contributed by atoms with Crippen molar-refractivity contribution in [3.05, 3.63) is 62.7 Å². The molecular formula is C15H16N4O6S. The second-order valence-corrected chi connectivity index (χ2v) is 7.35. The van der Waals surface area contributed by atoms with Crippen molar-refractivity contribution in [1.82, 2.24) is 0 Å². The Morgan fingerprint density at radius 1 is 0.885 bits per heavy atom. The van der Waals surface area contributed by atoms with Crippen molar-refractivity contribution in [2.24, 2.45) is 0 Å². The lowest BCUT2D eigenvalue weighted by atomic mass is 10.2. The van der Waals surface area contributed by atoms with Crippen LogP contribution in [0.5, 0.6) is 0 Å². The zero-order chi connectivity index (χ0) is 19.3. The molecule has 138 valence electrons. The molecule has 0 radical (unpaired) electrons. The maximum Gasteiger partial charge on any atom is 0.293 e. The van der Waals surface area contributed by atoms with Crippen LogP contribution in [0.3, 0.4) is 0 Å². The van der Waals surface area contributed by atoms with Crippen LogP contribution in [0.25, 0.3) is 0 Å². The number of rotatable bonds is 8. The monoisotopic (exact) mass is 380 g/mol. The van der Waals surface area contributed by atoms with Crippen LogP contribution in [-0.4, -0.2) is 37.6 Å². The van der Waals surface area contributed by atoms with E-state index in [1.54, 1.807) is 18.2 Å². The third-order valence-corrected chi connectivity index (χ3v) is 4.56. The first-order chi connectivity index (χ1) is 12.2. The molecule has 0 aliphatic rings. The standard InChI is InChI=1S/C15H16N4O6S/c1-26(24,25)11-6-7-13(15(10-11)19(22)23)17-9-8-16-12-4-2-3-5-14(12)18(20)21/h2-7,10,16-17H,8-9H2,1H3. The van der Waals surface area contributed by atoms with Crippen LogP contribution in [0.1, 0.15) is 0 Å². The third-order valence-electron chi connectivity index (χ3n) is 3.45. The highest BCUT2D eigenvalue weighted by atomic mass is 32.2. The molecule has 0 aromatic heterocycles. The van der Waals surface area contributed by atoms with E-state index >= 15 is 0 Å². The molecule has 10 nitrogen and oxygen atoms in total. The van der Waals surface area contributed by atoms with Gasteiger partial charge in [0.05, 0.1) is 14.7 Å². The van der Waals surface area contributed by atoms with Crippen molar-refractivity contribution in [2.45, 2.75) is 4.90 Å². The van der Waals surface area contributed by atoms with Crippen LogP contribution in [-0.2, 0) is 9.84 Å². The van der Waals surface area contributed by atoms with Crippen LogP contribution in [0.15, 0.2) is 47.4 Å². The second kappa shape index (κ2) is 7.78. The molecule has 0 amide bonds. The van der Waals surface area contributed by atoms with Gasteiger partial charge in [0.15, 0.2) is 9.84 Å². The van der Waals surface area contributed by atoms with Crippen molar-refractivity contribution >= 4 is 32.6 Å². The number of hydrogen-bond acceptors (Lipinski definition) is 8. The molecule has 2 rings (SSSR count). The van der Waals surface area contributed by atoms with Gasteiger partial charge >= 0.3 is 0 Å². The predicted molar refractivity (Wildman–Crippen MR) is 96.3 cm³/mol. The average Bonchev–Trinajstić information content (AvgIpc) is 2.58. The summed E-state index contributed by atoms with van der Waals surface area (Å²) in [6.45, 7) is 0.487. The Morgan fingerprint density at radius 3 is 1.96 bits per heavy atom. The van der Waals surface area contributed by atoms with Gasteiger partial charge < -0.3 is 10.6 Å². The van der Waals surface area contributed by atoms with E-state index in [1.165, 1.54) is 18.2 Å². The Kier molecular flexibility index (Phi) is 5.72. The molecule has 0 unspecified atom stereocenters. The number of nitrogens with one attached hydrogen (secondary N) is 2. The van der Waals surface area contributed by atoms with E-state index in [1.807, 2.05) is 0 Å². The Morgan fingerprint density at radius 2 is 1.42 bits per heavy atom. The Hall–Kier alpha value is -3.21. The summed E-state index contributed by atoms with van der Waals surface area (Å²) in [5.41, 5.74) is 0.0580. The van der Waals surface area contributed by atoms with Crippen molar-refractivity contribution in [3.8, 4) is 0 Å². The number of sulfone groups is 1. The van der Waals surface area contributed by atoms with Gasteiger partial charge in [-0.15, -0.1) is 0 Å².